The molecular formula is C25H26FN3O. The molecule has 1 aromatic carbocycles. The minimum atomic E-state index is -0.217. The average molecular weight is 404 g/mol. The first kappa shape index (κ1) is 19.0. The molecule has 0 atom stereocenters. The summed E-state index contributed by atoms with van der Waals surface area (Å²) in [4.78, 5) is 21.6. The number of carbonyl (C=O) groups excluding carboxylic acids is 1. The van der Waals surface area contributed by atoms with Crippen molar-refractivity contribution in [2.24, 2.45) is 5.92 Å². The molecule has 0 unspecified atom stereocenters. The van der Waals surface area contributed by atoms with Crippen molar-refractivity contribution in [3.63, 3.8) is 0 Å². The molecule has 3 aliphatic rings. The van der Waals surface area contributed by atoms with Crippen LogP contribution in [-0.2, 0) is 11.2 Å². The molecule has 1 saturated heterocycles. The number of amides is 1. The van der Waals surface area contributed by atoms with Crippen LogP contribution in [0.15, 0.2) is 42.6 Å². The summed E-state index contributed by atoms with van der Waals surface area (Å²) in [5, 5.41) is 0. The molecule has 2 aromatic rings. The third-order valence-electron chi connectivity index (χ3n) is 6.34. The van der Waals surface area contributed by atoms with E-state index in [9.17, 15) is 9.18 Å². The molecule has 0 bridgehead atoms. The van der Waals surface area contributed by atoms with Gasteiger partial charge in [0.05, 0.1) is 0 Å². The van der Waals surface area contributed by atoms with Gasteiger partial charge in [-0.2, -0.15) is 0 Å². The monoisotopic (exact) mass is 403 g/mol. The Kier molecular flexibility index (Phi) is 4.89. The van der Waals surface area contributed by atoms with Crippen molar-refractivity contribution in [1.29, 1.82) is 0 Å². The lowest BCUT2D eigenvalue weighted by atomic mass is 9.92. The van der Waals surface area contributed by atoms with Crippen molar-refractivity contribution in [2.75, 3.05) is 31.1 Å². The number of benzene rings is 1. The SMILES string of the molecule is Cc1cc(F)ccc1-c1cnc(N2CCN(C(=O)C3CC3)CC2)c2c1CC=CC=C2. The number of piperazine rings is 1. The second kappa shape index (κ2) is 7.71. The van der Waals surface area contributed by atoms with E-state index in [0.717, 1.165) is 73.5 Å². The Morgan fingerprint density at radius 1 is 1.10 bits per heavy atom. The summed E-state index contributed by atoms with van der Waals surface area (Å²) in [6.45, 7) is 5.05. The summed E-state index contributed by atoms with van der Waals surface area (Å²) in [5.74, 6) is 1.36. The van der Waals surface area contributed by atoms with E-state index in [0.29, 0.717) is 5.91 Å². The second-order valence-corrected chi connectivity index (χ2v) is 8.42. The highest BCUT2D eigenvalue weighted by Crippen LogP contribution is 2.36. The topological polar surface area (TPSA) is 36.4 Å². The lowest BCUT2D eigenvalue weighted by Crippen LogP contribution is -2.49. The van der Waals surface area contributed by atoms with Gasteiger partial charge in [-0.3, -0.25) is 4.79 Å². The standard InChI is InChI=1S/C25H26FN3O/c1-17-15-19(26)9-10-20(17)23-16-27-24(22-6-4-2-3-5-21(22)23)28-11-13-29(14-12-28)25(30)18-7-8-18/h2-4,6,9-10,15-16,18H,5,7-8,11-14H2,1H3. The molecule has 30 heavy (non-hydrogen) atoms. The number of halogens is 1. The molecule has 2 heterocycles. The van der Waals surface area contributed by atoms with Gasteiger partial charge in [0.1, 0.15) is 11.6 Å². The normalized spacial score (nSPS) is 18.3. The number of fused-ring (bicyclic) bond motifs is 1. The molecule has 5 rings (SSSR count). The fourth-order valence-electron chi connectivity index (χ4n) is 4.50. The molecule has 2 fully saturated rings. The van der Waals surface area contributed by atoms with E-state index in [1.807, 2.05) is 24.1 Å². The maximum atomic E-state index is 13.6. The quantitative estimate of drug-likeness (QED) is 0.763. The smallest absolute Gasteiger partial charge is 0.225 e. The molecule has 5 heteroatoms. The minimum Gasteiger partial charge on any atom is -0.353 e. The number of hydrogen-bond donors (Lipinski definition) is 0. The lowest BCUT2D eigenvalue weighted by Gasteiger charge is -2.36. The van der Waals surface area contributed by atoms with Crippen LogP contribution in [0.5, 0.6) is 0 Å². The molecule has 0 spiro atoms. The van der Waals surface area contributed by atoms with Gasteiger partial charge in [0.2, 0.25) is 5.91 Å². The van der Waals surface area contributed by atoms with Gasteiger partial charge in [-0.05, 0) is 55.0 Å². The Hall–Kier alpha value is -2.95. The van der Waals surface area contributed by atoms with Crippen molar-refractivity contribution < 1.29 is 9.18 Å². The number of hydrogen-bond acceptors (Lipinski definition) is 3. The Morgan fingerprint density at radius 3 is 2.63 bits per heavy atom. The van der Waals surface area contributed by atoms with E-state index in [1.54, 1.807) is 6.07 Å². The van der Waals surface area contributed by atoms with E-state index in [4.69, 9.17) is 4.98 Å². The molecule has 0 radical (unpaired) electrons. The van der Waals surface area contributed by atoms with Crippen molar-refractivity contribution in [2.45, 2.75) is 26.2 Å². The zero-order valence-electron chi connectivity index (χ0n) is 17.3. The molecule has 154 valence electrons. The molecule has 2 aliphatic carbocycles. The van der Waals surface area contributed by atoms with Gasteiger partial charge in [-0.25, -0.2) is 9.37 Å². The first-order chi connectivity index (χ1) is 14.6. The lowest BCUT2D eigenvalue weighted by molar-refractivity contribution is -0.132. The maximum absolute atomic E-state index is 13.6. The fourth-order valence-corrected chi connectivity index (χ4v) is 4.50. The van der Waals surface area contributed by atoms with Crippen LogP contribution in [-0.4, -0.2) is 42.0 Å². The number of carbonyl (C=O) groups is 1. The van der Waals surface area contributed by atoms with Gasteiger partial charge in [0.15, 0.2) is 0 Å². The first-order valence-electron chi connectivity index (χ1n) is 10.8. The summed E-state index contributed by atoms with van der Waals surface area (Å²) in [7, 11) is 0. The van der Waals surface area contributed by atoms with Crippen molar-refractivity contribution in [3.05, 3.63) is 65.1 Å². The zero-order valence-corrected chi connectivity index (χ0v) is 17.3. The van der Waals surface area contributed by atoms with Crippen molar-refractivity contribution in [1.82, 2.24) is 9.88 Å². The molecule has 1 amide bonds. The summed E-state index contributed by atoms with van der Waals surface area (Å²) < 4.78 is 13.6. The van der Waals surface area contributed by atoms with E-state index < -0.39 is 0 Å². The molecule has 1 aliphatic heterocycles. The third kappa shape index (κ3) is 3.53. The zero-order chi connectivity index (χ0) is 20.7. The van der Waals surface area contributed by atoms with E-state index in [1.165, 1.54) is 11.6 Å². The van der Waals surface area contributed by atoms with Crippen LogP contribution in [0.2, 0.25) is 0 Å². The number of aryl methyl sites for hydroxylation is 1. The third-order valence-corrected chi connectivity index (χ3v) is 6.34. The predicted octanol–water partition coefficient (Wildman–Crippen LogP) is 4.38. The van der Waals surface area contributed by atoms with Crippen LogP contribution in [0, 0.1) is 18.7 Å². The number of pyridine rings is 1. The second-order valence-electron chi connectivity index (χ2n) is 8.42. The summed E-state index contributed by atoms with van der Waals surface area (Å²) >= 11 is 0. The van der Waals surface area contributed by atoms with E-state index in [-0.39, 0.29) is 11.7 Å². The Morgan fingerprint density at radius 2 is 1.90 bits per heavy atom. The summed E-state index contributed by atoms with van der Waals surface area (Å²) in [6.07, 6.45) is 13.3. The highest BCUT2D eigenvalue weighted by molar-refractivity contribution is 5.82. The first-order valence-corrected chi connectivity index (χ1v) is 10.8. The highest BCUT2D eigenvalue weighted by Gasteiger charge is 2.35. The number of nitrogens with zero attached hydrogens (tertiary/aromatic N) is 3. The number of aromatic nitrogens is 1. The predicted molar refractivity (Wildman–Crippen MR) is 118 cm³/mol. The van der Waals surface area contributed by atoms with E-state index >= 15 is 0 Å². The molecule has 4 nitrogen and oxygen atoms in total. The van der Waals surface area contributed by atoms with Crippen LogP contribution in [0.3, 0.4) is 0 Å². The van der Waals surface area contributed by atoms with Gasteiger partial charge in [-0.15, -0.1) is 0 Å². The Balaban J connectivity index is 1.48. The van der Waals surface area contributed by atoms with Crippen molar-refractivity contribution in [3.8, 4) is 11.1 Å². The van der Waals surface area contributed by atoms with Gasteiger partial charge in [0.25, 0.3) is 0 Å². The Bertz CT molecular complexity index is 1050. The fraction of sp³-hybridized carbons (Fsp3) is 0.360. The van der Waals surface area contributed by atoms with Crippen LogP contribution < -0.4 is 4.90 Å². The number of anilines is 1. The molecule has 1 aromatic heterocycles. The number of rotatable bonds is 3. The largest absolute Gasteiger partial charge is 0.353 e. The summed E-state index contributed by atoms with van der Waals surface area (Å²) in [6, 6.07) is 4.94. The maximum Gasteiger partial charge on any atom is 0.225 e. The van der Waals surface area contributed by atoms with Gasteiger partial charge in [0, 0.05) is 49.4 Å². The van der Waals surface area contributed by atoms with Gasteiger partial charge >= 0.3 is 0 Å². The molecule has 1 saturated carbocycles. The van der Waals surface area contributed by atoms with Gasteiger partial charge in [-0.1, -0.05) is 30.4 Å². The minimum absolute atomic E-state index is 0.217. The van der Waals surface area contributed by atoms with Crippen LogP contribution >= 0.6 is 0 Å². The number of allylic oxidation sites excluding steroid dienone is 3. The highest BCUT2D eigenvalue weighted by atomic mass is 19.1. The Labute approximate surface area is 176 Å². The van der Waals surface area contributed by atoms with E-state index in [2.05, 4.69) is 29.2 Å². The molecular weight excluding hydrogens is 377 g/mol. The van der Waals surface area contributed by atoms with Gasteiger partial charge < -0.3 is 9.80 Å². The van der Waals surface area contributed by atoms with Crippen molar-refractivity contribution >= 4 is 17.8 Å². The van der Waals surface area contributed by atoms with Crippen LogP contribution in [0.4, 0.5) is 10.2 Å². The van der Waals surface area contributed by atoms with Crippen LogP contribution in [0.1, 0.15) is 29.5 Å². The molecule has 0 N–H and O–H groups in total. The van der Waals surface area contributed by atoms with Crippen LogP contribution in [0.25, 0.3) is 17.2 Å². The average Bonchev–Trinajstić information content (AvgIpc) is 3.60. The summed E-state index contributed by atoms with van der Waals surface area (Å²) in [5.41, 5.74) is 5.34.